The maximum atomic E-state index is 5.91. The molecule has 0 aromatic heterocycles. The van der Waals surface area contributed by atoms with Crippen molar-refractivity contribution in [2.45, 2.75) is 38.8 Å². The summed E-state index contributed by atoms with van der Waals surface area (Å²) in [6.45, 7) is 10.7. The molecule has 2 aliphatic heterocycles. The quantitative estimate of drug-likeness (QED) is 0.783. The van der Waals surface area contributed by atoms with Crippen LogP contribution >= 0.6 is 12.2 Å². The average molecular weight is 285 g/mol. The highest BCUT2D eigenvalue weighted by molar-refractivity contribution is 7.80. The smallest absolute Gasteiger partial charge is 0.0829 e. The lowest BCUT2D eigenvalue weighted by Crippen LogP contribution is -2.51. The molecule has 0 radical (unpaired) electrons. The summed E-state index contributed by atoms with van der Waals surface area (Å²) in [5.74, 6) is 0.397. The Bertz CT molecular complexity index is 311. The van der Waals surface area contributed by atoms with Gasteiger partial charge in [-0.2, -0.15) is 0 Å². The lowest BCUT2D eigenvalue weighted by Gasteiger charge is -2.39. The van der Waals surface area contributed by atoms with Gasteiger partial charge in [0, 0.05) is 38.1 Å². The van der Waals surface area contributed by atoms with Gasteiger partial charge in [-0.25, -0.2) is 0 Å². The molecule has 2 unspecified atom stereocenters. The number of nitrogens with two attached hydrogens (primary N) is 1. The van der Waals surface area contributed by atoms with Crippen molar-refractivity contribution in [1.29, 1.82) is 0 Å². The number of likely N-dealkylation sites (tertiary alicyclic amines) is 1. The molecule has 0 aliphatic carbocycles. The maximum absolute atomic E-state index is 5.91. The fourth-order valence-electron chi connectivity index (χ4n) is 3.06. The highest BCUT2D eigenvalue weighted by Crippen LogP contribution is 2.18. The summed E-state index contributed by atoms with van der Waals surface area (Å²) in [5, 5.41) is 0. The number of piperidine rings is 1. The molecule has 2 saturated heterocycles. The summed E-state index contributed by atoms with van der Waals surface area (Å²) in [4.78, 5) is 5.66. The third-order valence-electron chi connectivity index (χ3n) is 4.27. The molecule has 0 spiro atoms. The van der Waals surface area contributed by atoms with Crippen LogP contribution in [0, 0.1) is 5.92 Å². The minimum absolute atomic E-state index is 0.334. The predicted octanol–water partition coefficient (Wildman–Crippen LogP) is 1.09. The minimum atomic E-state index is 0.334. The second-order valence-corrected chi connectivity index (χ2v) is 6.55. The Hall–Kier alpha value is -0.230. The van der Waals surface area contributed by atoms with Crippen molar-refractivity contribution in [3.05, 3.63) is 0 Å². The van der Waals surface area contributed by atoms with E-state index in [1.54, 1.807) is 0 Å². The van der Waals surface area contributed by atoms with Gasteiger partial charge in [0.05, 0.1) is 17.7 Å². The van der Waals surface area contributed by atoms with Crippen LogP contribution in [0.4, 0.5) is 0 Å². The Labute approximate surface area is 122 Å². The van der Waals surface area contributed by atoms with Gasteiger partial charge in [-0.3, -0.25) is 4.90 Å². The van der Waals surface area contributed by atoms with Crippen LogP contribution in [-0.2, 0) is 4.74 Å². The summed E-state index contributed by atoms with van der Waals surface area (Å²) >= 11 is 5.14. The van der Waals surface area contributed by atoms with E-state index in [1.165, 1.54) is 6.42 Å². The van der Waals surface area contributed by atoms with Gasteiger partial charge in [0.2, 0.25) is 0 Å². The van der Waals surface area contributed by atoms with E-state index in [2.05, 4.69) is 23.6 Å². The van der Waals surface area contributed by atoms with Crippen molar-refractivity contribution in [2.24, 2.45) is 11.7 Å². The fraction of sp³-hybridized carbons (Fsp3) is 0.929. The molecule has 0 bridgehead atoms. The van der Waals surface area contributed by atoms with Crippen LogP contribution in [0.15, 0.2) is 0 Å². The number of morpholine rings is 1. The van der Waals surface area contributed by atoms with Crippen LogP contribution in [0.2, 0.25) is 0 Å². The molecule has 5 heteroatoms. The number of thiocarbonyl (C=S) groups is 1. The zero-order valence-electron chi connectivity index (χ0n) is 12.2. The Kier molecular flexibility index (Phi) is 5.57. The first-order chi connectivity index (χ1) is 9.06. The maximum Gasteiger partial charge on any atom is 0.0829 e. The van der Waals surface area contributed by atoms with Gasteiger partial charge in [0.1, 0.15) is 0 Å². The summed E-state index contributed by atoms with van der Waals surface area (Å²) in [6.07, 6.45) is 2.68. The largest absolute Gasteiger partial charge is 0.393 e. The second kappa shape index (κ2) is 6.97. The number of rotatable bonds is 4. The fourth-order valence-corrected chi connectivity index (χ4v) is 3.26. The summed E-state index contributed by atoms with van der Waals surface area (Å²) in [5.41, 5.74) is 5.79. The van der Waals surface area contributed by atoms with E-state index in [4.69, 9.17) is 22.7 Å². The predicted molar refractivity (Wildman–Crippen MR) is 82.4 cm³/mol. The van der Waals surface area contributed by atoms with Gasteiger partial charge in [-0.1, -0.05) is 12.2 Å². The Morgan fingerprint density at radius 3 is 2.84 bits per heavy atom. The molecule has 2 fully saturated rings. The number of hydrogen-bond acceptors (Lipinski definition) is 4. The first-order valence-electron chi connectivity index (χ1n) is 7.43. The third-order valence-corrected chi connectivity index (χ3v) is 4.60. The van der Waals surface area contributed by atoms with E-state index in [9.17, 15) is 0 Å². The highest BCUT2D eigenvalue weighted by atomic mass is 32.1. The molecule has 19 heavy (non-hydrogen) atoms. The monoisotopic (exact) mass is 285 g/mol. The van der Waals surface area contributed by atoms with Crippen LogP contribution in [-0.4, -0.2) is 66.3 Å². The van der Waals surface area contributed by atoms with Crippen LogP contribution in [0.5, 0.6) is 0 Å². The Morgan fingerprint density at radius 1 is 1.37 bits per heavy atom. The zero-order valence-corrected chi connectivity index (χ0v) is 13.0. The van der Waals surface area contributed by atoms with Crippen LogP contribution in [0.1, 0.15) is 26.7 Å². The van der Waals surface area contributed by atoms with Crippen molar-refractivity contribution < 1.29 is 4.74 Å². The standard InChI is InChI=1S/C14H27N3OS/c1-11(2)17-6-7-18-13(10-17)9-16-5-3-4-12(8-16)14(15)19/h11-13H,3-10H2,1-2H3,(H2,15,19). The Balaban J connectivity index is 1.81. The lowest BCUT2D eigenvalue weighted by molar-refractivity contribution is -0.0547. The molecule has 0 aromatic carbocycles. The van der Waals surface area contributed by atoms with Gasteiger partial charge in [-0.05, 0) is 33.2 Å². The highest BCUT2D eigenvalue weighted by Gasteiger charge is 2.27. The van der Waals surface area contributed by atoms with Crippen LogP contribution < -0.4 is 5.73 Å². The molecular weight excluding hydrogens is 258 g/mol. The zero-order chi connectivity index (χ0) is 13.8. The van der Waals surface area contributed by atoms with Gasteiger partial charge >= 0.3 is 0 Å². The first kappa shape index (κ1) is 15.2. The van der Waals surface area contributed by atoms with E-state index in [0.717, 1.165) is 45.8 Å². The van der Waals surface area contributed by atoms with Gasteiger partial charge < -0.3 is 15.4 Å². The van der Waals surface area contributed by atoms with E-state index in [1.807, 2.05) is 0 Å². The normalized spacial score (nSPS) is 30.7. The number of hydrogen-bond donors (Lipinski definition) is 1. The average Bonchev–Trinajstić information content (AvgIpc) is 2.39. The summed E-state index contributed by atoms with van der Waals surface area (Å²) < 4.78 is 5.91. The van der Waals surface area contributed by atoms with Crippen molar-refractivity contribution in [2.75, 3.05) is 39.3 Å². The van der Waals surface area contributed by atoms with Crippen LogP contribution in [0.25, 0.3) is 0 Å². The molecular formula is C14H27N3OS. The molecule has 2 aliphatic rings. The van der Waals surface area contributed by atoms with Crippen LogP contribution in [0.3, 0.4) is 0 Å². The molecule has 2 atom stereocenters. The number of ether oxygens (including phenoxy) is 1. The summed E-state index contributed by atoms with van der Waals surface area (Å²) in [6, 6.07) is 0.608. The topological polar surface area (TPSA) is 41.7 Å². The number of nitrogens with zero attached hydrogens (tertiary/aromatic N) is 2. The first-order valence-corrected chi connectivity index (χ1v) is 7.84. The summed E-state index contributed by atoms with van der Waals surface area (Å²) in [7, 11) is 0. The van der Waals surface area contributed by atoms with E-state index in [-0.39, 0.29) is 0 Å². The van der Waals surface area contributed by atoms with Gasteiger partial charge in [-0.15, -0.1) is 0 Å². The molecule has 2 heterocycles. The van der Waals surface area contributed by atoms with Crippen molar-refractivity contribution >= 4 is 17.2 Å². The lowest BCUT2D eigenvalue weighted by atomic mass is 9.98. The molecule has 0 aromatic rings. The van der Waals surface area contributed by atoms with Crippen molar-refractivity contribution in [3.63, 3.8) is 0 Å². The van der Waals surface area contributed by atoms with Crippen molar-refractivity contribution in [1.82, 2.24) is 9.80 Å². The second-order valence-electron chi connectivity index (χ2n) is 6.08. The Morgan fingerprint density at radius 2 is 2.16 bits per heavy atom. The van der Waals surface area contributed by atoms with E-state index >= 15 is 0 Å². The molecule has 4 nitrogen and oxygen atoms in total. The molecule has 2 N–H and O–H groups in total. The molecule has 0 saturated carbocycles. The minimum Gasteiger partial charge on any atom is -0.393 e. The molecule has 2 rings (SSSR count). The van der Waals surface area contributed by atoms with E-state index < -0.39 is 0 Å². The SMILES string of the molecule is CC(C)N1CCOC(CN2CCCC(C(N)=S)C2)C1. The van der Waals surface area contributed by atoms with Gasteiger partial charge in [0.25, 0.3) is 0 Å². The van der Waals surface area contributed by atoms with Crippen molar-refractivity contribution in [3.8, 4) is 0 Å². The van der Waals surface area contributed by atoms with Gasteiger partial charge in [0.15, 0.2) is 0 Å². The molecule has 0 amide bonds. The molecule has 110 valence electrons. The third kappa shape index (κ3) is 4.38. The van der Waals surface area contributed by atoms with E-state index in [0.29, 0.717) is 23.1 Å².